The molecule has 0 radical (unpaired) electrons. The zero-order chi connectivity index (χ0) is 27.2. The standard InChI is InChI=1S/C28H27F2N5O5/c29-27(30)38-22-4-2-1-3-20(22)24-21(25(39-33-24)15-5-6-15)14-37-19-11-17-8-9-18(12-19)35(17)23-10-7-16(13-31-23)26-32-28(36)40-34-26/h1-4,7,10,13,15,17-19,27H,5-6,8-9,11-12,14H2,(H,32,34,36). The molecule has 2 aliphatic heterocycles. The summed E-state index contributed by atoms with van der Waals surface area (Å²) >= 11 is 0. The molecule has 2 unspecified atom stereocenters. The molecule has 208 valence electrons. The third kappa shape index (κ3) is 4.76. The van der Waals surface area contributed by atoms with Crippen molar-refractivity contribution in [3.8, 4) is 28.4 Å². The third-order valence-electron chi connectivity index (χ3n) is 8.00. The Morgan fingerprint density at radius 1 is 1.02 bits per heavy atom. The summed E-state index contributed by atoms with van der Waals surface area (Å²) in [5, 5.41) is 8.00. The Hall–Kier alpha value is -4.06. The highest BCUT2D eigenvalue weighted by molar-refractivity contribution is 5.70. The van der Waals surface area contributed by atoms with Crippen LogP contribution in [0.2, 0.25) is 0 Å². The molecule has 3 aliphatic rings. The lowest BCUT2D eigenvalue weighted by atomic mass is 9.99. The van der Waals surface area contributed by atoms with Crippen LogP contribution in [0.5, 0.6) is 5.75 Å². The number of hydrogen-bond donors (Lipinski definition) is 1. The number of nitrogens with zero attached hydrogens (tertiary/aromatic N) is 4. The molecule has 0 spiro atoms. The molecule has 12 heteroatoms. The normalized spacial score (nSPS) is 22.3. The average Bonchev–Trinajstić information content (AvgIpc) is 3.47. The molecule has 4 aromatic rings. The first-order valence-electron chi connectivity index (χ1n) is 13.5. The highest BCUT2D eigenvalue weighted by Gasteiger charge is 2.42. The quantitative estimate of drug-likeness (QED) is 0.296. The van der Waals surface area contributed by atoms with Crippen molar-refractivity contribution in [1.29, 1.82) is 0 Å². The Labute approximate surface area is 227 Å². The van der Waals surface area contributed by atoms with E-state index in [1.165, 1.54) is 6.07 Å². The van der Waals surface area contributed by atoms with Crippen molar-refractivity contribution in [1.82, 2.24) is 20.3 Å². The van der Waals surface area contributed by atoms with E-state index < -0.39 is 12.4 Å². The van der Waals surface area contributed by atoms with Gasteiger partial charge in [0.2, 0.25) is 0 Å². The molecule has 0 amide bonds. The smallest absolute Gasteiger partial charge is 0.434 e. The Morgan fingerprint density at radius 3 is 2.50 bits per heavy atom. The fourth-order valence-corrected chi connectivity index (χ4v) is 6.07. The summed E-state index contributed by atoms with van der Waals surface area (Å²) in [5.41, 5.74) is 2.45. The van der Waals surface area contributed by atoms with E-state index in [-0.39, 0.29) is 17.8 Å². The minimum Gasteiger partial charge on any atom is -0.434 e. The summed E-state index contributed by atoms with van der Waals surface area (Å²) in [6.45, 7) is -2.64. The summed E-state index contributed by atoms with van der Waals surface area (Å²) in [4.78, 5) is 20.8. The maximum atomic E-state index is 13.1. The number of hydrogen-bond acceptors (Lipinski definition) is 9. The van der Waals surface area contributed by atoms with Crippen LogP contribution in [-0.4, -0.2) is 45.1 Å². The number of para-hydroxylation sites is 1. The van der Waals surface area contributed by atoms with Crippen molar-refractivity contribution in [2.45, 2.75) is 75.8 Å². The van der Waals surface area contributed by atoms with Gasteiger partial charge < -0.3 is 18.9 Å². The lowest BCUT2D eigenvalue weighted by Gasteiger charge is -2.39. The summed E-state index contributed by atoms with van der Waals surface area (Å²) < 4.78 is 47.7. The third-order valence-corrected chi connectivity index (χ3v) is 8.00. The lowest BCUT2D eigenvalue weighted by molar-refractivity contribution is -0.0494. The van der Waals surface area contributed by atoms with E-state index in [4.69, 9.17) is 14.0 Å². The molecule has 1 N–H and O–H groups in total. The molecule has 5 heterocycles. The first-order valence-corrected chi connectivity index (χ1v) is 13.5. The highest BCUT2D eigenvalue weighted by Crippen LogP contribution is 2.46. The number of pyridine rings is 1. The number of rotatable bonds is 9. The monoisotopic (exact) mass is 551 g/mol. The van der Waals surface area contributed by atoms with Gasteiger partial charge in [-0.05, 0) is 62.8 Å². The van der Waals surface area contributed by atoms with E-state index in [1.54, 1.807) is 24.4 Å². The molecule has 7 rings (SSSR count). The largest absolute Gasteiger partial charge is 0.439 e. The Balaban J connectivity index is 1.07. The average molecular weight is 552 g/mol. The van der Waals surface area contributed by atoms with Crippen LogP contribution in [0.15, 0.2) is 56.4 Å². The van der Waals surface area contributed by atoms with E-state index in [9.17, 15) is 13.6 Å². The number of ether oxygens (including phenoxy) is 2. The summed E-state index contributed by atoms with van der Waals surface area (Å²) in [7, 11) is 0. The fraction of sp³-hybridized carbons (Fsp3) is 0.429. The number of alkyl halides is 2. The van der Waals surface area contributed by atoms with Crippen molar-refractivity contribution >= 4 is 5.82 Å². The van der Waals surface area contributed by atoms with Crippen molar-refractivity contribution in [3.63, 3.8) is 0 Å². The van der Waals surface area contributed by atoms with Crippen molar-refractivity contribution in [2.24, 2.45) is 0 Å². The van der Waals surface area contributed by atoms with Crippen LogP contribution < -0.4 is 15.4 Å². The topological polar surface area (TPSA) is 120 Å². The van der Waals surface area contributed by atoms with Gasteiger partial charge >= 0.3 is 12.4 Å². The highest BCUT2D eigenvalue weighted by atomic mass is 19.3. The van der Waals surface area contributed by atoms with E-state index in [0.717, 1.165) is 55.7 Å². The van der Waals surface area contributed by atoms with Gasteiger partial charge in [-0.2, -0.15) is 8.78 Å². The summed E-state index contributed by atoms with van der Waals surface area (Å²) in [6, 6.07) is 11.0. The van der Waals surface area contributed by atoms with Crippen LogP contribution in [-0.2, 0) is 11.3 Å². The first kappa shape index (κ1) is 24.9. The Bertz CT molecular complexity index is 1530. The molecule has 2 saturated heterocycles. The fourth-order valence-electron chi connectivity index (χ4n) is 6.07. The Morgan fingerprint density at radius 2 is 1.82 bits per heavy atom. The minimum absolute atomic E-state index is 0.0376. The molecule has 3 aromatic heterocycles. The summed E-state index contributed by atoms with van der Waals surface area (Å²) in [6.07, 6.45) is 7.55. The van der Waals surface area contributed by atoms with Crippen LogP contribution in [0, 0.1) is 0 Å². The van der Waals surface area contributed by atoms with Crippen LogP contribution in [0.3, 0.4) is 0 Å². The van der Waals surface area contributed by atoms with Gasteiger partial charge in [-0.3, -0.25) is 9.51 Å². The summed E-state index contributed by atoms with van der Waals surface area (Å²) in [5.74, 6) is 1.75. The van der Waals surface area contributed by atoms with Gasteiger partial charge in [-0.25, -0.2) is 9.78 Å². The Kier molecular flexibility index (Phi) is 6.34. The maximum absolute atomic E-state index is 13.1. The number of aromatic amines is 1. The second kappa shape index (κ2) is 10.2. The molecule has 1 saturated carbocycles. The number of benzene rings is 1. The molecule has 2 bridgehead atoms. The van der Waals surface area contributed by atoms with Gasteiger partial charge in [0.1, 0.15) is 23.0 Å². The lowest BCUT2D eigenvalue weighted by Crippen LogP contribution is -2.46. The van der Waals surface area contributed by atoms with Crippen LogP contribution in [0.25, 0.3) is 22.6 Å². The van der Waals surface area contributed by atoms with Crippen molar-refractivity contribution in [3.05, 3.63) is 64.5 Å². The molecule has 1 aromatic carbocycles. The number of H-pyrrole nitrogens is 1. The number of piperidine rings is 1. The van der Waals surface area contributed by atoms with Crippen molar-refractivity contribution in [2.75, 3.05) is 4.90 Å². The zero-order valence-electron chi connectivity index (χ0n) is 21.5. The number of aromatic nitrogens is 4. The number of anilines is 1. The number of nitrogens with one attached hydrogen (secondary N) is 1. The van der Waals surface area contributed by atoms with E-state index in [0.29, 0.717) is 41.3 Å². The molecule has 40 heavy (non-hydrogen) atoms. The first-order chi connectivity index (χ1) is 19.5. The van der Waals surface area contributed by atoms with E-state index in [1.807, 2.05) is 12.1 Å². The zero-order valence-corrected chi connectivity index (χ0v) is 21.5. The molecule has 2 atom stereocenters. The SMILES string of the molecule is O=c1[nH]c(-c2ccc(N3C4CCC3CC(OCc3c(-c5ccccc5OC(F)F)noc3C3CC3)C4)nc2)no1. The van der Waals surface area contributed by atoms with Crippen LogP contribution in [0.4, 0.5) is 14.6 Å². The van der Waals surface area contributed by atoms with Gasteiger partial charge in [0.25, 0.3) is 0 Å². The molecule has 10 nitrogen and oxygen atoms in total. The van der Waals surface area contributed by atoms with Crippen molar-refractivity contribution < 1.29 is 27.3 Å². The second-order valence-corrected chi connectivity index (χ2v) is 10.6. The predicted octanol–water partition coefficient (Wildman–Crippen LogP) is 5.28. The van der Waals surface area contributed by atoms with E-state index >= 15 is 0 Å². The number of fused-ring (bicyclic) bond motifs is 2. The van der Waals surface area contributed by atoms with Gasteiger partial charge in [0, 0.05) is 40.9 Å². The van der Waals surface area contributed by atoms with Gasteiger partial charge in [0.05, 0.1) is 12.7 Å². The minimum atomic E-state index is -2.94. The second-order valence-electron chi connectivity index (χ2n) is 10.6. The van der Waals surface area contributed by atoms with Gasteiger partial charge in [0.15, 0.2) is 5.82 Å². The van der Waals surface area contributed by atoms with Gasteiger partial charge in [-0.1, -0.05) is 22.4 Å². The molecule has 1 aliphatic carbocycles. The molecular weight excluding hydrogens is 524 g/mol. The molecule has 3 fully saturated rings. The van der Waals surface area contributed by atoms with Gasteiger partial charge in [-0.15, -0.1) is 0 Å². The predicted molar refractivity (Wildman–Crippen MR) is 138 cm³/mol. The maximum Gasteiger partial charge on any atom is 0.439 e. The van der Waals surface area contributed by atoms with Crippen LogP contribution in [0.1, 0.15) is 55.8 Å². The van der Waals surface area contributed by atoms with E-state index in [2.05, 4.69) is 29.7 Å². The number of halogens is 2. The van der Waals surface area contributed by atoms with Crippen LogP contribution >= 0.6 is 0 Å². The molecular formula is C28H27F2N5O5.